The Balaban J connectivity index is 1.55. The molecule has 134 valence electrons. The molecule has 1 N–H and O–H groups in total. The van der Waals surface area contributed by atoms with Crippen molar-refractivity contribution in [2.45, 2.75) is 24.7 Å². The number of carbonyl (C=O) groups is 1. The van der Waals surface area contributed by atoms with E-state index in [2.05, 4.69) is 25.6 Å². The molecule has 4 rings (SSSR count). The number of aromatic nitrogens is 4. The normalized spacial score (nSPS) is 15.7. The van der Waals surface area contributed by atoms with E-state index in [0.29, 0.717) is 29.6 Å². The molecular weight excluding hydrogens is 351 g/mol. The fourth-order valence-electron chi connectivity index (χ4n) is 2.77. The molecular formula is C16H12F3N5O2. The highest BCUT2D eigenvalue weighted by Crippen LogP contribution is 2.46. The summed E-state index contributed by atoms with van der Waals surface area (Å²) in [5, 5.41) is 13.9. The Morgan fingerprint density at radius 3 is 2.77 bits per heavy atom. The van der Waals surface area contributed by atoms with E-state index < -0.39 is 11.9 Å². The lowest BCUT2D eigenvalue weighted by molar-refractivity contribution is -0.274. The number of pyridine rings is 1. The number of alkyl halides is 3. The second-order valence-corrected chi connectivity index (χ2v) is 6.01. The van der Waals surface area contributed by atoms with E-state index >= 15 is 0 Å². The Kier molecular flexibility index (Phi) is 3.56. The van der Waals surface area contributed by atoms with Crippen molar-refractivity contribution in [3.05, 3.63) is 53.7 Å². The van der Waals surface area contributed by atoms with Gasteiger partial charge in [0.05, 0.1) is 5.54 Å². The Labute approximate surface area is 144 Å². The fraction of sp³-hybridized carbons (Fsp3) is 0.250. The number of hydrogen-bond donors (Lipinski definition) is 1. The Morgan fingerprint density at radius 2 is 2.04 bits per heavy atom. The molecule has 2 heterocycles. The number of benzene rings is 1. The first kappa shape index (κ1) is 16.3. The largest absolute Gasteiger partial charge is 0.573 e. The van der Waals surface area contributed by atoms with Crippen molar-refractivity contribution in [3.8, 4) is 5.75 Å². The summed E-state index contributed by atoms with van der Waals surface area (Å²) < 4.78 is 42.6. The summed E-state index contributed by atoms with van der Waals surface area (Å²) in [6, 6.07) is 8.76. The van der Waals surface area contributed by atoms with Crippen molar-refractivity contribution in [1.29, 1.82) is 0 Å². The van der Waals surface area contributed by atoms with Gasteiger partial charge in [-0.05, 0) is 53.1 Å². The van der Waals surface area contributed by atoms with Crippen LogP contribution in [0.5, 0.6) is 5.75 Å². The molecule has 10 heteroatoms. The molecule has 0 bridgehead atoms. The summed E-state index contributed by atoms with van der Waals surface area (Å²) in [6.45, 7) is 0. The lowest BCUT2D eigenvalue weighted by Gasteiger charge is -2.19. The van der Waals surface area contributed by atoms with Gasteiger partial charge in [-0.15, -0.1) is 18.3 Å². The van der Waals surface area contributed by atoms with Crippen LogP contribution in [0, 0.1) is 0 Å². The lowest BCUT2D eigenvalue weighted by atomic mass is 10.0. The van der Waals surface area contributed by atoms with Gasteiger partial charge in [-0.2, -0.15) is 0 Å². The number of nitrogens with one attached hydrogen (secondary N) is 1. The fourth-order valence-corrected chi connectivity index (χ4v) is 2.77. The maximum absolute atomic E-state index is 12.6. The molecule has 1 aliphatic rings. The molecule has 1 aromatic carbocycles. The van der Waals surface area contributed by atoms with Crippen LogP contribution in [0.25, 0.3) is 5.65 Å². The lowest BCUT2D eigenvalue weighted by Crippen LogP contribution is -2.35. The minimum absolute atomic E-state index is 0.313. The number of ether oxygens (including phenoxy) is 1. The summed E-state index contributed by atoms with van der Waals surface area (Å²) in [5.41, 5.74) is 0.655. The van der Waals surface area contributed by atoms with Gasteiger partial charge in [0.15, 0.2) is 5.65 Å². The number of halogens is 3. The molecule has 1 amide bonds. The third-order valence-electron chi connectivity index (χ3n) is 4.18. The predicted molar refractivity (Wildman–Crippen MR) is 82.3 cm³/mol. The molecule has 0 aliphatic heterocycles. The van der Waals surface area contributed by atoms with Crippen molar-refractivity contribution in [2.24, 2.45) is 0 Å². The van der Waals surface area contributed by atoms with Gasteiger partial charge >= 0.3 is 6.36 Å². The van der Waals surface area contributed by atoms with E-state index in [1.54, 1.807) is 18.3 Å². The van der Waals surface area contributed by atoms with Crippen LogP contribution in [-0.2, 0) is 5.54 Å². The molecule has 1 fully saturated rings. The minimum atomic E-state index is -4.76. The SMILES string of the molecule is O=C(NC1(c2cccc(OC(F)(F)F)c2)CC1)c1ccn2nnnc2c1. The monoisotopic (exact) mass is 363 g/mol. The minimum Gasteiger partial charge on any atom is -0.406 e. The van der Waals surface area contributed by atoms with E-state index in [4.69, 9.17) is 0 Å². The third-order valence-corrected chi connectivity index (χ3v) is 4.18. The average molecular weight is 363 g/mol. The zero-order valence-electron chi connectivity index (χ0n) is 13.2. The molecule has 0 saturated heterocycles. The molecule has 3 aromatic rings. The summed E-state index contributed by atoms with van der Waals surface area (Å²) in [5.74, 6) is -0.665. The maximum Gasteiger partial charge on any atom is 0.573 e. The first-order chi connectivity index (χ1) is 12.3. The number of rotatable bonds is 4. The molecule has 0 radical (unpaired) electrons. The van der Waals surface area contributed by atoms with Gasteiger partial charge in [0.2, 0.25) is 0 Å². The van der Waals surface area contributed by atoms with E-state index in [9.17, 15) is 18.0 Å². The van der Waals surface area contributed by atoms with Gasteiger partial charge in [-0.1, -0.05) is 12.1 Å². The first-order valence-electron chi connectivity index (χ1n) is 7.71. The van der Waals surface area contributed by atoms with Crippen LogP contribution in [-0.4, -0.2) is 32.3 Å². The van der Waals surface area contributed by atoms with E-state index in [1.165, 1.54) is 28.8 Å². The molecule has 1 saturated carbocycles. The van der Waals surface area contributed by atoms with Gasteiger partial charge < -0.3 is 10.1 Å². The molecule has 7 nitrogen and oxygen atoms in total. The number of carbonyl (C=O) groups excluding carboxylic acids is 1. The highest BCUT2D eigenvalue weighted by atomic mass is 19.4. The van der Waals surface area contributed by atoms with Gasteiger partial charge in [0, 0.05) is 11.8 Å². The van der Waals surface area contributed by atoms with Gasteiger partial charge in [-0.3, -0.25) is 4.79 Å². The molecule has 0 atom stereocenters. The topological polar surface area (TPSA) is 81.4 Å². The van der Waals surface area contributed by atoms with E-state index in [1.807, 2.05) is 0 Å². The van der Waals surface area contributed by atoms with Gasteiger partial charge in [0.25, 0.3) is 5.91 Å². The summed E-state index contributed by atoms with van der Waals surface area (Å²) in [7, 11) is 0. The Bertz CT molecular complexity index is 981. The number of amides is 1. The van der Waals surface area contributed by atoms with Crippen LogP contribution in [0.1, 0.15) is 28.8 Å². The number of tetrazole rings is 1. The summed E-state index contributed by atoms with van der Waals surface area (Å²) in [4.78, 5) is 12.6. The van der Waals surface area contributed by atoms with E-state index in [0.717, 1.165) is 0 Å². The summed E-state index contributed by atoms with van der Waals surface area (Å²) >= 11 is 0. The van der Waals surface area contributed by atoms with Crippen LogP contribution in [0.15, 0.2) is 42.6 Å². The van der Waals surface area contributed by atoms with Crippen molar-refractivity contribution in [2.75, 3.05) is 0 Å². The van der Waals surface area contributed by atoms with Crippen molar-refractivity contribution < 1.29 is 22.7 Å². The smallest absolute Gasteiger partial charge is 0.406 e. The number of fused-ring (bicyclic) bond motifs is 1. The maximum atomic E-state index is 12.6. The predicted octanol–water partition coefficient (Wildman–Crippen LogP) is 2.44. The molecule has 1 aliphatic carbocycles. The van der Waals surface area contributed by atoms with Crippen molar-refractivity contribution >= 4 is 11.6 Å². The quantitative estimate of drug-likeness (QED) is 0.770. The Morgan fingerprint density at radius 1 is 1.23 bits per heavy atom. The van der Waals surface area contributed by atoms with E-state index in [-0.39, 0.29) is 11.7 Å². The third kappa shape index (κ3) is 3.17. The van der Waals surface area contributed by atoms with Crippen LogP contribution in [0.3, 0.4) is 0 Å². The number of nitrogens with zero attached hydrogens (tertiary/aromatic N) is 4. The van der Waals surface area contributed by atoms with Crippen LogP contribution >= 0.6 is 0 Å². The zero-order chi connectivity index (χ0) is 18.4. The van der Waals surface area contributed by atoms with Gasteiger partial charge in [0.1, 0.15) is 5.75 Å². The number of hydrogen-bond acceptors (Lipinski definition) is 5. The van der Waals surface area contributed by atoms with Crippen LogP contribution in [0.4, 0.5) is 13.2 Å². The average Bonchev–Trinajstić information content (AvgIpc) is 3.20. The second kappa shape index (κ2) is 5.68. The Hall–Kier alpha value is -3.17. The first-order valence-corrected chi connectivity index (χ1v) is 7.71. The standard InChI is InChI=1S/C16H12F3N5O2/c17-16(18,19)26-12-3-1-2-11(9-12)15(5-6-15)20-14(25)10-4-7-24-13(8-10)21-22-23-24/h1-4,7-9H,5-6H2,(H,20,25). The zero-order valence-corrected chi connectivity index (χ0v) is 13.2. The molecule has 26 heavy (non-hydrogen) atoms. The highest BCUT2D eigenvalue weighted by Gasteiger charge is 2.46. The second-order valence-electron chi connectivity index (χ2n) is 6.01. The van der Waals surface area contributed by atoms with Crippen molar-refractivity contribution in [1.82, 2.24) is 25.4 Å². The molecule has 2 aromatic heterocycles. The van der Waals surface area contributed by atoms with Gasteiger partial charge in [-0.25, -0.2) is 4.52 Å². The van der Waals surface area contributed by atoms with Crippen LogP contribution < -0.4 is 10.1 Å². The summed E-state index contributed by atoms with van der Waals surface area (Å²) in [6.07, 6.45) is -1.95. The van der Waals surface area contributed by atoms with Crippen LogP contribution in [0.2, 0.25) is 0 Å². The molecule has 0 unspecified atom stereocenters. The van der Waals surface area contributed by atoms with Crippen molar-refractivity contribution in [3.63, 3.8) is 0 Å². The molecule has 0 spiro atoms. The highest BCUT2D eigenvalue weighted by molar-refractivity contribution is 5.95.